The van der Waals surface area contributed by atoms with Gasteiger partial charge in [0, 0.05) is 41.6 Å². The van der Waals surface area contributed by atoms with Gasteiger partial charge in [-0.2, -0.15) is 0 Å². The van der Waals surface area contributed by atoms with Crippen molar-refractivity contribution in [1.29, 1.82) is 0 Å². The summed E-state index contributed by atoms with van der Waals surface area (Å²) in [4.78, 5) is 31.8. The van der Waals surface area contributed by atoms with Crippen molar-refractivity contribution in [2.75, 3.05) is 6.54 Å². The summed E-state index contributed by atoms with van der Waals surface area (Å²) < 4.78 is 1.93. The first kappa shape index (κ1) is 22.2. The molecule has 1 atom stereocenters. The first-order chi connectivity index (χ1) is 15.6. The van der Waals surface area contributed by atoms with Gasteiger partial charge in [-0.25, -0.2) is 0 Å². The fourth-order valence-electron chi connectivity index (χ4n) is 3.58. The van der Waals surface area contributed by atoms with Gasteiger partial charge in [0.05, 0.1) is 5.25 Å². The van der Waals surface area contributed by atoms with Gasteiger partial charge in [-0.3, -0.25) is 24.0 Å². The SMILES string of the molecule is C=CCn1c(S[C@H]2CCCCN(C(=O)c3ccc(Cl)cc3)C2=O)nnc1-c1ccncc1. The molecule has 1 aliphatic rings. The molecule has 3 aromatic rings. The average molecular weight is 468 g/mol. The Labute approximate surface area is 195 Å². The van der Waals surface area contributed by atoms with Crippen LogP contribution in [0, 0.1) is 0 Å². The van der Waals surface area contributed by atoms with Crippen molar-refractivity contribution in [3.8, 4) is 11.4 Å². The molecule has 4 rings (SSSR count). The monoisotopic (exact) mass is 467 g/mol. The maximum Gasteiger partial charge on any atom is 0.260 e. The van der Waals surface area contributed by atoms with Crippen molar-refractivity contribution in [2.24, 2.45) is 0 Å². The van der Waals surface area contributed by atoms with Crippen LogP contribution in [0.5, 0.6) is 0 Å². The number of thioether (sulfide) groups is 1. The summed E-state index contributed by atoms with van der Waals surface area (Å²) in [5.74, 6) is 0.181. The number of pyridine rings is 1. The Morgan fingerprint density at radius 2 is 1.91 bits per heavy atom. The highest BCUT2D eigenvalue weighted by Gasteiger charge is 2.33. The summed E-state index contributed by atoms with van der Waals surface area (Å²) in [6.07, 6.45) is 7.45. The molecule has 1 fully saturated rings. The molecule has 0 radical (unpaired) electrons. The summed E-state index contributed by atoms with van der Waals surface area (Å²) in [6, 6.07) is 10.3. The van der Waals surface area contributed by atoms with Gasteiger partial charge < -0.3 is 0 Å². The van der Waals surface area contributed by atoms with E-state index in [1.165, 1.54) is 16.7 Å². The van der Waals surface area contributed by atoms with Gasteiger partial charge >= 0.3 is 0 Å². The molecular weight excluding hydrogens is 446 g/mol. The summed E-state index contributed by atoms with van der Waals surface area (Å²) in [5.41, 5.74) is 1.33. The normalized spacial score (nSPS) is 16.6. The predicted octanol–water partition coefficient (Wildman–Crippen LogP) is 4.49. The number of allylic oxidation sites excluding steroid dienone is 1. The number of hydrogen-bond donors (Lipinski definition) is 0. The Kier molecular flexibility index (Phi) is 7.02. The predicted molar refractivity (Wildman–Crippen MR) is 124 cm³/mol. The minimum Gasteiger partial charge on any atom is -0.298 e. The number of carbonyl (C=O) groups is 2. The lowest BCUT2D eigenvalue weighted by atomic mass is 10.2. The lowest BCUT2D eigenvalue weighted by molar-refractivity contribution is -0.127. The first-order valence-corrected chi connectivity index (χ1v) is 11.6. The number of amides is 2. The highest BCUT2D eigenvalue weighted by molar-refractivity contribution is 8.00. The summed E-state index contributed by atoms with van der Waals surface area (Å²) >= 11 is 7.28. The number of carbonyl (C=O) groups excluding carboxylic acids is 2. The van der Waals surface area contributed by atoms with Crippen molar-refractivity contribution in [3.05, 3.63) is 72.0 Å². The van der Waals surface area contributed by atoms with E-state index in [9.17, 15) is 9.59 Å². The van der Waals surface area contributed by atoms with Gasteiger partial charge in [-0.05, 0) is 49.2 Å². The molecule has 164 valence electrons. The average Bonchev–Trinajstić information content (AvgIpc) is 3.11. The van der Waals surface area contributed by atoms with E-state index in [1.807, 2.05) is 16.7 Å². The molecule has 32 heavy (non-hydrogen) atoms. The molecule has 1 aromatic carbocycles. The van der Waals surface area contributed by atoms with Crippen LogP contribution in [0.4, 0.5) is 0 Å². The maximum atomic E-state index is 13.3. The smallest absolute Gasteiger partial charge is 0.260 e. The van der Waals surface area contributed by atoms with E-state index in [2.05, 4.69) is 21.8 Å². The number of hydrogen-bond acceptors (Lipinski definition) is 6. The second kappa shape index (κ2) is 10.1. The molecule has 1 saturated heterocycles. The first-order valence-electron chi connectivity index (χ1n) is 10.3. The van der Waals surface area contributed by atoms with Crippen LogP contribution in [0.2, 0.25) is 5.02 Å². The molecule has 9 heteroatoms. The molecule has 0 bridgehead atoms. The van der Waals surface area contributed by atoms with Crippen LogP contribution >= 0.6 is 23.4 Å². The van der Waals surface area contributed by atoms with Crippen LogP contribution in [-0.2, 0) is 11.3 Å². The number of aromatic nitrogens is 4. The van der Waals surface area contributed by atoms with E-state index in [0.717, 1.165) is 18.4 Å². The molecule has 0 unspecified atom stereocenters. The van der Waals surface area contributed by atoms with E-state index < -0.39 is 5.25 Å². The van der Waals surface area contributed by atoms with Gasteiger partial charge in [0.1, 0.15) is 0 Å². The Morgan fingerprint density at radius 3 is 2.62 bits per heavy atom. The maximum absolute atomic E-state index is 13.3. The molecule has 3 heterocycles. The van der Waals surface area contributed by atoms with Crippen molar-refractivity contribution in [2.45, 2.75) is 36.2 Å². The quantitative estimate of drug-likeness (QED) is 0.392. The van der Waals surface area contributed by atoms with Crippen LogP contribution < -0.4 is 0 Å². The van der Waals surface area contributed by atoms with Gasteiger partial charge in [0.25, 0.3) is 5.91 Å². The van der Waals surface area contributed by atoms with Crippen molar-refractivity contribution >= 4 is 35.2 Å². The number of halogens is 1. The second-order valence-corrected chi connectivity index (χ2v) is 8.95. The van der Waals surface area contributed by atoms with E-state index in [4.69, 9.17) is 11.6 Å². The Hall–Kier alpha value is -2.97. The Bertz CT molecular complexity index is 1120. The lowest BCUT2D eigenvalue weighted by Gasteiger charge is -2.22. The van der Waals surface area contributed by atoms with Gasteiger partial charge in [-0.1, -0.05) is 35.9 Å². The van der Waals surface area contributed by atoms with E-state index in [-0.39, 0.29) is 11.8 Å². The Morgan fingerprint density at radius 1 is 1.16 bits per heavy atom. The molecule has 2 aromatic heterocycles. The third kappa shape index (κ3) is 4.76. The molecule has 0 N–H and O–H groups in total. The van der Waals surface area contributed by atoms with E-state index in [1.54, 1.807) is 42.7 Å². The third-order valence-corrected chi connectivity index (χ3v) is 6.68. The number of likely N-dealkylation sites (tertiary alicyclic amines) is 1. The van der Waals surface area contributed by atoms with Crippen LogP contribution in [0.3, 0.4) is 0 Å². The van der Waals surface area contributed by atoms with Crippen LogP contribution in [0.1, 0.15) is 29.6 Å². The highest BCUT2D eigenvalue weighted by atomic mass is 35.5. The fraction of sp³-hybridized carbons (Fsp3) is 0.261. The lowest BCUT2D eigenvalue weighted by Crippen LogP contribution is -2.41. The number of benzene rings is 1. The van der Waals surface area contributed by atoms with Gasteiger partial charge in [-0.15, -0.1) is 16.8 Å². The second-order valence-electron chi connectivity index (χ2n) is 7.35. The van der Waals surface area contributed by atoms with E-state index in [0.29, 0.717) is 41.1 Å². The van der Waals surface area contributed by atoms with Crippen molar-refractivity contribution in [1.82, 2.24) is 24.6 Å². The minimum absolute atomic E-state index is 0.203. The van der Waals surface area contributed by atoms with Gasteiger partial charge in [0.2, 0.25) is 5.91 Å². The largest absolute Gasteiger partial charge is 0.298 e. The number of nitrogens with zero attached hydrogens (tertiary/aromatic N) is 5. The molecule has 2 amide bonds. The molecule has 1 aliphatic heterocycles. The summed E-state index contributed by atoms with van der Waals surface area (Å²) in [6.45, 7) is 4.74. The third-order valence-electron chi connectivity index (χ3n) is 5.19. The standard InChI is InChI=1S/C23H22ClN5O2S/c1-2-14-28-20(16-10-12-25-13-11-16)26-27-23(28)32-19-5-3-4-15-29(22(19)31)21(30)17-6-8-18(24)9-7-17/h2,6-13,19H,1,3-5,14-15H2/t19-/m0/s1. The number of rotatable bonds is 6. The molecular formula is C23H22ClN5O2S. The van der Waals surface area contributed by atoms with Crippen molar-refractivity contribution < 1.29 is 9.59 Å². The molecule has 7 nitrogen and oxygen atoms in total. The molecule has 0 spiro atoms. The van der Waals surface area contributed by atoms with Gasteiger partial charge in [0.15, 0.2) is 11.0 Å². The highest BCUT2D eigenvalue weighted by Crippen LogP contribution is 2.32. The fourth-order valence-corrected chi connectivity index (χ4v) is 4.85. The minimum atomic E-state index is -0.424. The number of imide groups is 1. The zero-order valence-corrected chi connectivity index (χ0v) is 18.9. The van der Waals surface area contributed by atoms with Crippen LogP contribution in [0.25, 0.3) is 11.4 Å². The van der Waals surface area contributed by atoms with Crippen LogP contribution in [0.15, 0.2) is 66.6 Å². The zero-order valence-electron chi connectivity index (χ0n) is 17.4. The van der Waals surface area contributed by atoms with Crippen LogP contribution in [-0.4, -0.2) is 48.3 Å². The molecule has 0 saturated carbocycles. The topological polar surface area (TPSA) is 81.0 Å². The molecule has 0 aliphatic carbocycles. The summed E-state index contributed by atoms with van der Waals surface area (Å²) in [5, 5.41) is 9.43. The summed E-state index contributed by atoms with van der Waals surface area (Å²) in [7, 11) is 0. The Balaban J connectivity index is 1.59. The van der Waals surface area contributed by atoms with E-state index >= 15 is 0 Å². The zero-order chi connectivity index (χ0) is 22.5. The van der Waals surface area contributed by atoms with Crippen molar-refractivity contribution in [3.63, 3.8) is 0 Å².